The highest BCUT2D eigenvalue weighted by Crippen LogP contribution is 2.55. The molecule has 0 spiro atoms. The van der Waals surface area contributed by atoms with Gasteiger partial charge in [0.1, 0.15) is 0 Å². The molecule has 0 radical (unpaired) electrons. The van der Waals surface area contributed by atoms with Crippen LogP contribution < -0.4 is 10.6 Å². The van der Waals surface area contributed by atoms with Crippen LogP contribution >= 0.6 is 0 Å². The summed E-state index contributed by atoms with van der Waals surface area (Å²) in [5, 5.41) is 17.8. The third-order valence-electron chi connectivity index (χ3n) is 8.15. The number of aliphatic hydroxyl groups excluding tert-OH is 1. The second-order valence-corrected chi connectivity index (χ2v) is 12.0. The molecule has 2 aliphatic rings. The fourth-order valence-electron chi connectivity index (χ4n) is 6.27. The van der Waals surface area contributed by atoms with Crippen LogP contribution in [-0.2, 0) is 16.1 Å². The normalized spacial score (nSPS) is 33.0. The maximum atomic E-state index is 12.9. The van der Waals surface area contributed by atoms with E-state index in [0.717, 1.165) is 31.4 Å². The molecule has 184 valence electrons. The number of hydrogen-bond acceptors (Lipinski definition) is 4. The van der Waals surface area contributed by atoms with Crippen molar-refractivity contribution in [2.45, 2.75) is 92.3 Å². The van der Waals surface area contributed by atoms with Gasteiger partial charge >= 0.3 is 0 Å². The van der Waals surface area contributed by atoms with E-state index in [1.165, 1.54) is 0 Å². The van der Waals surface area contributed by atoms with Gasteiger partial charge in [0.2, 0.25) is 11.8 Å². The van der Waals surface area contributed by atoms with Gasteiger partial charge in [0, 0.05) is 24.6 Å². The number of aliphatic hydroxyl groups is 1. The van der Waals surface area contributed by atoms with Crippen LogP contribution in [0.1, 0.15) is 79.3 Å². The second kappa shape index (κ2) is 10.1. The third-order valence-corrected chi connectivity index (χ3v) is 8.15. The maximum absolute atomic E-state index is 12.9. The van der Waals surface area contributed by atoms with E-state index in [1.807, 2.05) is 25.1 Å². The number of carbonyl (C=O) groups is 2. The van der Waals surface area contributed by atoms with E-state index in [9.17, 15) is 14.7 Å². The predicted octanol–water partition coefficient (Wildman–Crippen LogP) is 4.08. The Bertz CT molecular complexity index is 822. The van der Waals surface area contributed by atoms with Gasteiger partial charge in [-0.05, 0) is 66.4 Å². The van der Waals surface area contributed by atoms with Crippen LogP contribution in [0.2, 0.25) is 0 Å². The topological polar surface area (TPSA) is 91.3 Å². The quantitative estimate of drug-likeness (QED) is 0.600. The zero-order valence-corrected chi connectivity index (χ0v) is 21.2. The molecule has 0 bridgehead atoms. The molecule has 1 aromatic heterocycles. The molecule has 1 aromatic rings. The van der Waals surface area contributed by atoms with Gasteiger partial charge in [-0.1, -0.05) is 47.6 Å². The number of pyridine rings is 1. The summed E-state index contributed by atoms with van der Waals surface area (Å²) >= 11 is 0. The Morgan fingerprint density at radius 1 is 1.24 bits per heavy atom. The van der Waals surface area contributed by atoms with Crippen molar-refractivity contribution in [1.82, 2.24) is 15.6 Å². The molecule has 7 atom stereocenters. The standard InChI is InChI=1S/C27H43N3O3/c1-17(25(33)29-16-19-9-7-8-14-28-19)20-10-12-27(6)13-11-21(18(2)23(27)24(20)32)30-22(31)15-26(3,4)5/h7-9,14,17-18,20-21,23-24,32H,10-13,15-16H2,1-6H3,(H,29,33)(H,30,31)/t17-,18+,20+,21-,23+,24-,27-/m0/s1. The van der Waals surface area contributed by atoms with E-state index in [2.05, 4.69) is 50.2 Å². The number of aromatic nitrogens is 1. The highest BCUT2D eigenvalue weighted by atomic mass is 16.3. The Morgan fingerprint density at radius 3 is 2.58 bits per heavy atom. The summed E-state index contributed by atoms with van der Waals surface area (Å²) in [6.07, 6.45) is 5.45. The average Bonchev–Trinajstić information content (AvgIpc) is 2.73. The summed E-state index contributed by atoms with van der Waals surface area (Å²) in [4.78, 5) is 29.8. The highest BCUT2D eigenvalue weighted by molar-refractivity contribution is 5.78. The fraction of sp³-hybridized carbons (Fsp3) is 0.741. The van der Waals surface area contributed by atoms with Crippen molar-refractivity contribution in [3.63, 3.8) is 0 Å². The zero-order chi connectivity index (χ0) is 24.4. The number of amides is 2. The second-order valence-electron chi connectivity index (χ2n) is 12.0. The van der Waals surface area contributed by atoms with Crippen molar-refractivity contribution < 1.29 is 14.7 Å². The van der Waals surface area contributed by atoms with Gasteiger partial charge in [-0.2, -0.15) is 0 Å². The van der Waals surface area contributed by atoms with Crippen molar-refractivity contribution in [1.29, 1.82) is 0 Å². The van der Waals surface area contributed by atoms with E-state index >= 15 is 0 Å². The highest BCUT2D eigenvalue weighted by Gasteiger charge is 2.53. The van der Waals surface area contributed by atoms with Gasteiger partial charge in [0.15, 0.2) is 0 Å². The van der Waals surface area contributed by atoms with Crippen LogP contribution in [0, 0.1) is 34.5 Å². The lowest BCUT2D eigenvalue weighted by molar-refractivity contribution is -0.144. The molecule has 0 unspecified atom stereocenters. The van der Waals surface area contributed by atoms with E-state index in [-0.39, 0.29) is 52.4 Å². The van der Waals surface area contributed by atoms with Gasteiger partial charge in [0.25, 0.3) is 0 Å². The van der Waals surface area contributed by atoms with Crippen molar-refractivity contribution in [3.05, 3.63) is 30.1 Å². The smallest absolute Gasteiger partial charge is 0.223 e. The lowest BCUT2D eigenvalue weighted by Crippen LogP contribution is -2.58. The number of rotatable bonds is 6. The molecule has 3 N–H and O–H groups in total. The van der Waals surface area contributed by atoms with Gasteiger partial charge in [-0.15, -0.1) is 0 Å². The Morgan fingerprint density at radius 2 is 1.94 bits per heavy atom. The first kappa shape index (κ1) is 25.7. The Balaban J connectivity index is 1.65. The fourth-order valence-corrected chi connectivity index (χ4v) is 6.27. The number of hydrogen-bond donors (Lipinski definition) is 3. The lowest BCUT2D eigenvalue weighted by atomic mass is 9.51. The number of fused-ring (bicyclic) bond motifs is 1. The molecular formula is C27H43N3O3. The molecule has 0 aromatic carbocycles. The Labute approximate surface area is 199 Å². The van der Waals surface area contributed by atoms with Crippen molar-refractivity contribution in [3.8, 4) is 0 Å². The molecule has 2 amide bonds. The first-order valence-corrected chi connectivity index (χ1v) is 12.6. The van der Waals surface area contributed by atoms with Crippen LogP contribution in [0.5, 0.6) is 0 Å². The van der Waals surface area contributed by atoms with Crippen LogP contribution in [0.4, 0.5) is 0 Å². The van der Waals surface area contributed by atoms with E-state index in [1.54, 1.807) is 6.20 Å². The molecule has 6 heteroatoms. The van der Waals surface area contributed by atoms with Gasteiger partial charge in [-0.3, -0.25) is 14.6 Å². The Kier molecular flexibility index (Phi) is 7.87. The molecule has 0 saturated heterocycles. The molecule has 3 rings (SSSR count). The van der Waals surface area contributed by atoms with Crippen LogP contribution in [0.3, 0.4) is 0 Å². The predicted molar refractivity (Wildman–Crippen MR) is 130 cm³/mol. The molecule has 0 aliphatic heterocycles. The largest absolute Gasteiger partial charge is 0.392 e. The molecule has 33 heavy (non-hydrogen) atoms. The van der Waals surface area contributed by atoms with Crippen molar-refractivity contribution >= 4 is 11.8 Å². The number of nitrogens with one attached hydrogen (secondary N) is 2. The summed E-state index contributed by atoms with van der Waals surface area (Å²) < 4.78 is 0. The molecule has 1 heterocycles. The summed E-state index contributed by atoms with van der Waals surface area (Å²) in [5.74, 6) is -0.0845. The molecule has 6 nitrogen and oxygen atoms in total. The summed E-state index contributed by atoms with van der Waals surface area (Å²) in [7, 11) is 0. The van der Waals surface area contributed by atoms with Crippen LogP contribution in [0.15, 0.2) is 24.4 Å². The minimum absolute atomic E-state index is 0.0354. The maximum Gasteiger partial charge on any atom is 0.223 e. The summed E-state index contributed by atoms with van der Waals surface area (Å²) in [5.41, 5.74) is 0.818. The number of nitrogens with zero attached hydrogens (tertiary/aromatic N) is 1. The first-order chi connectivity index (χ1) is 15.4. The summed E-state index contributed by atoms with van der Waals surface area (Å²) in [6.45, 7) is 13.0. The van der Waals surface area contributed by atoms with Crippen molar-refractivity contribution in [2.75, 3.05) is 0 Å². The summed E-state index contributed by atoms with van der Waals surface area (Å²) in [6, 6.07) is 5.72. The molecule has 2 aliphatic carbocycles. The van der Waals surface area contributed by atoms with E-state index in [0.29, 0.717) is 13.0 Å². The minimum Gasteiger partial charge on any atom is -0.392 e. The lowest BCUT2D eigenvalue weighted by Gasteiger charge is -2.56. The SMILES string of the molecule is C[C@H]1[C@@H]2[C@@H](O)[C@@H]([C@H](C)C(=O)NCc3ccccn3)CC[C@@]2(C)CC[C@@H]1NC(=O)CC(C)(C)C. The van der Waals surface area contributed by atoms with Crippen LogP contribution in [-0.4, -0.2) is 34.1 Å². The van der Waals surface area contributed by atoms with Gasteiger partial charge in [0.05, 0.1) is 18.3 Å². The molecule has 2 fully saturated rings. The third kappa shape index (κ3) is 6.14. The average molecular weight is 458 g/mol. The Hall–Kier alpha value is -1.95. The van der Waals surface area contributed by atoms with Crippen molar-refractivity contribution in [2.24, 2.45) is 34.5 Å². The van der Waals surface area contributed by atoms with Crippen LogP contribution in [0.25, 0.3) is 0 Å². The van der Waals surface area contributed by atoms with E-state index in [4.69, 9.17) is 0 Å². The van der Waals surface area contributed by atoms with Gasteiger partial charge in [-0.25, -0.2) is 0 Å². The van der Waals surface area contributed by atoms with Gasteiger partial charge < -0.3 is 15.7 Å². The first-order valence-electron chi connectivity index (χ1n) is 12.6. The molecule has 2 saturated carbocycles. The minimum atomic E-state index is -0.559. The zero-order valence-electron chi connectivity index (χ0n) is 21.2. The monoisotopic (exact) mass is 457 g/mol. The van der Waals surface area contributed by atoms with E-state index < -0.39 is 6.10 Å². The number of carbonyl (C=O) groups excluding carboxylic acids is 2. The molecular weight excluding hydrogens is 414 g/mol.